The standard InChI is InChI=1S/C10H13Cl2N3O4S/c1-20(18,19)14-4-2-3-13-10-8(11)5-7(15(16)17)6-9(10)12/h5-6,13-14H,2-4H2,1H3. The van der Waals surface area contributed by atoms with E-state index in [9.17, 15) is 18.5 Å². The minimum Gasteiger partial charge on any atom is -0.383 e. The number of non-ortho nitro benzene ring substituents is 1. The van der Waals surface area contributed by atoms with Crippen molar-refractivity contribution in [2.45, 2.75) is 6.42 Å². The molecule has 2 N–H and O–H groups in total. The highest BCUT2D eigenvalue weighted by Crippen LogP contribution is 2.34. The molecule has 0 aliphatic carbocycles. The Labute approximate surface area is 126 Å². The van der Waals surface area contributed by atoms with Gasteiger partial charge in [0.25, 0.3) is 5.69 Å². The van der Waals surface area contributed by atoms with Gasteiger partial charge in [-0.15, -0.1) is 0 Å². The first kappa shape index (κ1) is 17.0. The third-order valence-corrected chi connectivity index (χ3v) is 3.58. The Morgan fingerprint density at radius 2 is 1.80 bits per heavy atom. The highest BCUT2D eigenvalue weighted by atomic mass is 35.5. The fraction of sp³-hybridized carbons (Fsp3) is 0.400. The number of nitro benzene ring substituents is 1. The first-order valence-corrected chi connectivity index (χ1v) is 8.17. The van der Waals surface area contributed by atoms with E-state index in [2.05, 4.69) is 10.0 Å². The molecular weight excluding hydrogens is 329 g/mol. The second-order valence-electron chi connectivity index (χ2n) is 3.99. The maximum absolute atomic E-state index is 10.8. The normalized spacial score (nSPS) is 11.3. The van der Waals surface area contributed by atoms with Gasteiger partial charge in [-0.3, -0.25) is 10.1 Å². The number of nitrogens with zero attached hydrogens (tertiary/aromatic N) is 1. The molecule has 20 heavy (non-hydrogen) atoms. The Kier molecular flexibility index (Phi) is 6.00. The molecule has 0 fully saturated rings. The molecule has 112 valence electrons. The molecule has 0 atom stereocenters. The molecule has 0 saturated carbocycles. The van der Waals surface area contributed by atoms with Crippen molar-refractivity contribution in [3.63, 3.8) is 0 Å². The Morgan fingerprint density at radius 3 is 2.25 bits per heavy atom. The third kappa shape index (κ3) is 5.49. The van der Waals surface area contributed by atoms with Gasteiger partial charge in [-0.2, -0.15) is 0 Å². The summed E-state index contributed by atoms with van der Waals surface area (Å²) in [5.41, 5.74) is 0.197. The largest absolute Gasteiger partial charge is 0.383 e. The van der Waals surface area contributed by atoms with Crippen molar-refractivity contribution < 1.29 is 13.3 Å². The zero-order valence-corrected chi connectivity index (χ0v) is 12.8. The van der Waals surface area contributed by atoms with Crippen LogP contribution in [0, 0.1) is 10.1 Å². The fourth-order valence-corrected chi connectivity index (χ4v) is 2.52. The SMILES string of the molecule is CS(=O)(=O)NCCCNc1c(Cl)cc([N+](=O)[O-])cc1Cl. The number of nitrogens with one attached hydrogen (secondary N) is 2. The van der Waals surface area contributed by atoms with Crippen LogP contribution in [0.4, 0.5) is 11.4 Å². The molecule has 1 aromatic rings. The van der Waals surface area contributed by atoms with Crippen LogP contribution in [0.3, 0.4) is 0 Å². The average Bonchev–Trinajstić information content (AvgIpc) is 2.29. The zero-order valence-electron chi connectivity index (χ0n) is 10.5. The van der Waals surface area contributed by atoms with Crippen molar-refractivity contribution in [1.82, 2.24) is 4.72 Å². The highest BCUT2D eigenvalue weighted by molar-refractivity contribution is 7.88. The van der Waals surface area contributed by atoms with E-state index in [1.807, 2.05) is 0 Å². The molecule has 0 amide bonds. The van der Waals surface area contributed by atoms with E-state index < -0.39 is 14.9 Å². The summed E-state index contributed by atoms with van der Waals surface area (Å²) in [6.45, 7) is 0.688. The van der Waals surface area contributed by atoms with Crippen LogP contribution in [0.15, 0.2) is 12.1 Å². The summed E-state index contributed by atoms with van der Waals surface area (Å²) in [5, 5.41) is 13.8. The minimum atomic E-state index is -3.21. The molecule has 0 radical (unpaired) electrons. The highest BCUT2D eigenvalue weighted by Gasteiger charge is 2.14. The van der Waals surface area contributed by atoms with Crippen molar-refractivity contribution in [1.29, 1.82) is 0 Å². The monoisotopic (exact) mass is 341 g/mol. The fourth-order valence-electron chi connectivity index (χ4n) is 1.39. The number of sulfonamides is 1. The van der Waals surface area contributed by atoms with Crippen LogP contribution in [-0.4, -0.2) is 32.7 Å². The minimum absolute atomic E-state index is 0.139. The van der Waals surface area contributed by atoms with Gasteiger partial charge in [0.15, 0.2) is 0 Å². The predicted molar refractivity (Wildman–Crippen MR) is 79.1 cm³/mol. The predicted octanol–water partition coefficient (Wildman–Crippen LogP) is 2.25. The van der Waals surface area contributed by atoms with Gasteiger partial charge in [0.1, 0.15) is 0 Å². The molecule has 0 aromatic heterocycles. The first-order valence-electron chi connectivity index (χ1n) is 5.52. The Bertz CT molecular complexity index is 584. The van der Waals surface area contributed by atoms with Crippen molar-refractivity contribution in [2.75, 3.05) is 24.7 Å². The molecule has 0 aliphatic rings. The van der Waals surface area contributed by atoms with E-state index in [0.29, 0.717) is 18.7 Å². The van der Waals surface area contributed by atoms with E-state index in [4.69, 9.17) is 23.2 Å². The summed E-state index contributed by atoms with van der Waals surface area (Å²) in [4.78, 5) is 10.0. The van der Waals surface area contributed by atoms with Crippen LogP contribution < -0.4 is 10.0 Å². The van der Waals surface area contributed by atoms with Gasteiger partial charge in [-0.25, -0.2) is 13.1 Å². The van der Waals surface area contributed by atoms with Gasteiger partial charge in [0.2, 0.25) is 10.0 Å². The van der Waals surface area contributed by atoms with Crippen LogP contribution in [0.1, 0.15) is 6.42 Å². The molecule has 0 spiro atoms. The topological polar surface area (TPSA) is 101 Å². The van der Waals surface area contributed by atoms with Crippen molar-refractivity contribution in [3.8, 4) is 0 Å². The second-order valence-corrected chi connectivity index (χ2v) is 6.64. The maximum atomic E-state index is 10.8. The number of hydrogen-bond donors (Lipinski definition) is 2. The van der Waals surface area contributed by atoms with Crippen LogP contribution in [0.5, 0.6) is 0 Å². The molecule has 7 nitrogen and oxygen atoms in total. The Balaban J connectivity index is 2.59. The van der Waals surface area contributed by atoms with Gasteiger partial charge in [-0.05, 0) is 6.42 Å². The Hall–Kier alpha value is -1.09. The van der Waals surface area contributed by atoms with Gasteiger partial charge in [0.05, 0.1) is 26.9 Å². The second kappa shape index (κ2) is 7.07. The summed E-state index contributed by atoms with van der Waals surface area (Å²) in [7, 11) is -3.21. The lowest BCUT2D eigenvalue weighted by Crippen LogP contribution is -2.24. The van der Waals surface area contributed by atoms with E-state index >= 15 is 0 Å². The summed E-state index contributed by atoms with van der Waals surface area (Å²) < 4.78 is 24.0. The van der Waals surface area contributed by atoms with Crippen LogP contribution in [0.2, 0.25) is 10.0 Å². The lowest BCUT2D eigenvalue weighted by atomic mass is 10.2. The lowest BCUT2D eigenvalue weighted by molar-refractivity contribution is -0.384. The number of hydrogen-bond acceptors (Lipinski definition) is 5. The molecular formula is C10H13Cl2N3O4S. The molecule has 0 bridgehead atoms. The summed E-state index contributed by atoms with van der Waals surface area (Å²) in [6, 6.07) is 2.40. The summed E-state index contributed by atoms with van der Waals surface area (Å²) >= 11 is 11.8. The molecule has 1 rings (SSSR count). The van der Waals surface area contributed by atoms with Gasteiger partial charge in [0, 0.05) is 25.2 Å². The lowest BCUT2D eigenvalue weighted by Gasteiger charge is -2.10. The van der Waals surface area contributed by atoms with Crippen LogP contribution in [-0.2, 0) is 10.0 Å². The number of rotatable bonds is 7. The van der Waals surface area contributed by atoms with Crippen molar-refractivity contribution in [2.24, 2.45) is 0 Å². The van der Waals surface area contributed by atoms with E-state index in [-0.39, 0.29) is 22.3 Å². The smallest absolute Gasteiger partial charge is 0.272 e. The van der Waals surface area contributed by atoms with Gasteiger partial charge < -0.3 is 5.32 Å². The van der Waals surface area contributed by atoms with E-state index in [1.165, 1.54) is 12.1 Å². The third-order valence-electron chi connectivity index (χ3n) is 2.26. The van der Waals surface area contributed by atoms with Crippen molar-refractivity contribution in [3.05, 3.63) is 32.3 Å². The zero-order chi connectivity index (χ0) is 15.3. The maximum Gasteiger partial charge on any atom is 0.272 e. The number of anilines is 1. The molecule has 1 aromatic carbocycles. The van der Waals surface area contributed by atoms with Gasteiger partial charge in [-0.1, -0.05) is 23.2 Å². The number of benzene rings is 1. The first-order chi connectivity index (χ1) is 9.20. The molecule has 0 saturated heterocycles. The molecule has 0 heterocycles. The van der Waals surface area contributed by atoms with E-state index in [1.54, 1.807) is 0 Å². The molecule has 0 unspecified atom stereocenters. The molecule has 10 heteroatoms. The average molecular weight is 342 g/mol. The quantitative estimate of drug-likeness (QED) is 0.450. The summed E-state index contributed by atoms with van der Waals surface area (Å²) in [6.07, 6.45) is 1.58. The Morgan fingerprint density at radius 1 is 1.25 bits per heavy atom. The van der Waals surface area contributed by atoms with Crippen LogP contribution in [0.25, 0.3) is 0 Å². The summed E-state index contributed by atoms with van der Waals surface area (Å²) in [5.74, 6) is 0. The number of halogens is 2. The molecule has 0 aliphatic heterocycles. The van der Waals surface area contributed by atoms with Gasteiger partial charge >= 0.3 is 0 Å². The number of nitro groups is 1. The van der Waals surface area contributed by atoms with Crippen LogP contribution >= 0.6 is 23.2 Å². The van der Waals surface area contributed by atoms with Crippen molar-refractivity contribution >= 4 is 44.6 Å². The van der Waals surface area contributed by atoms with E-state index in [0.717, 1.165) is 6.26 Å².